The predicted octanol–water partition coefficient (Wildman–Crippen LogP) is 5.68. The first-order valence-corrected chi connectivity index (χ1v) is 11.7. The number of aliphatic hydroxyl groups excluding tert-OH is 1. The summed E-state index contributed by atoms with van der Waals surface area (Å²) in [5.74, 6) is 0.920. The minimum Gasteiger partial charge on any atom is -0.497 e. The van der Waals surface area contributed by atoms with Crippen molar-refractivity contribution in [2.75, 3.05) is 7.11 Å². The lowest BCUT2D eigenvalue weighted by molar-refractivity contribution is 0.191. The van der Waals surface area contributed by atoms with E-state index < -0.39 is 6.10 Å². The first-order valence-electron chi connectivity index (χ1n) is 11.4. The van der Waals surface area contributed by atoms with Gasteiger partial charge in [-0.25, -0.2) is 4.98 Å². The van der Waals surface area contributed by atoms with E-state index in [4.69, 9.17) is 21.1 Å². The minimum atomic E-state index is -0.877. The van der Waals surface area contributed by atoms with Crippen molar-refractivity contribution in [3.05, 3.63) is 106 Å². The lowest BCUT2D eigenvalue weighted by Crippen LogP contribution is -2.16. The molecule has 0 fully saturated rings. The standard InChI is InChI=1S/C28H24ClN3O4/c1-17(33)24-13-25(34)26(36-16-18-6-8-21(35-2)9-7-18)15-32(24)20-5-3-4-19(12-20)27-22-10-11-30-28(22)31-14-23(27)29/h3-15,17,33H,16H2,1-2H3,(H,30,31). The third kappa shape index (κ3) is 4.58. The quantitative estimate of drug-likeness (QED) is 0.300. The van der Waals surface area contributed by atoms with Crippen LogP contribution in [-0.2, 0) is 6.61 Å². The van der Waals surface area contributed by atoms with Crippen molar-refractivity contribution in [2.24, 2.45) is 0 Å². The van der Waals surface area contributed by atoms with Gasteiger partial charge in [-0.3, -0.25) is 4.79 Å². The van der Waals surface area contributed by atoms with Crippen LogP contribution in [-0.4, -0.2) is 26.8 Å². The van der Waals surface area contributed by atoms with E-state index in [2.05, 4.69) is 9.97 Å². The maximum atomic E-state index is 12.8. The summed E-state index contributed by atoms with van der Waals surface area (Å²) in [5, 5.41) is 11.9. The molecule has 5 aromatic rings. The van der Waals surface area contributed by atoms with E-state index in [0.717, 1.165) is 39.2 Å². The van der Waals surface area contributed by atoms with Gasteiger partial charge < -0.3 is 24.1 Å². The maximum absolute atomic E-state index is 12.8. The minimum absolute atomic E-state index is 0.176. The molecular formula is C28H24ClN3O4. The molecule has 0 saturated heterocycles. The fraction of sp³-hybridized carbons (Fsp3) is 0.143. The summed E-state index contributed by atoms with van der Waals surface area (Å²) in [4.78, 5) is 20.2. The monoisotopic (exact) mass is 501 g/mol. The number of methoxy groups -OCH3 is 1. The Morgan fingerprint density at radius 3 is 2.69 bits per heavy atom. The van der Waals surface area contributed by atoms with Crippen LogP contribution in [0.2, 0.25) is 5.02 Å². The number of pyridine rings is 2. The molecule has 36 heavy (non-hydrogen) atoms. The van der Waals surface area contributed by atoms with Crippen LogP contribution in [0.4, 0.5) is 0 Å². The summed E-state index contributed by atoms with van der Waals surface area (Å²) in [7, 11) is 1.61. The van der Waals surface area contributed by atoms with E-state index in [1.54, 1.807) is 31.0 Å². The van der Waals surface area contributed by atoms with Gasteiger partial charge in [-0.05, 0) is 48.4 Å². The fourth-order valence-corrected chi connectivity index (χ4v) is 4.42. The van der Waals surface area contributed by atoms with Crippen LogP contribution in [0, 0.1) is 0 Å². The number of aliphatic hydroxyl groups is 1. The summed E-state index contributed by atoms with van der Waals surface area (Å²) in [6, 6.07) is 18.5. The van der Waals surface area contributed by atoms with Gasteiger partial charge in [0.15, 0.2) is 5.75 Å². The number of aromatic nitrogens is 3. The average molecular weight is 502 g/mol. The Hall–Kier alpha value is -4.07. The Balaban J connectivity index is 1.55. The van der Waals surface area contributed by atoms with E-state index in [0.29, 0.717) is 10.7 Å². The zero-order valence-corrected chi connectivity index (χ0v) is 20.5. The number of benzene rings is 2. The molecule has 7 nitrogen and oxygen atoms in total. The lowest BCUT2D eigenvalue weighted by Gasteiger charge is -2.18. The average Bonchev–Trinajstić information content (AvgIpc) is 3.37. The van der Waals surface area contributed by atoms with Crippen molar-refractivity contribution in [3.8, 4) is 28.3 Å². The van der Waals surface area contributed by atoms with Crippen LogP contribution in [0.5, 0.6) is 11.5 Å². The van der Waals surface area contributed by atoms with Crippen molar-refractivity contribution >= 4 is 22.6 Å². The van der Waals surface area contributed by atoms with Crippen molar-refractivity contribution in [1.82, 2.24) is 14.5 Å². The number of aromatic amines is 1. The topological polar surface area (TPSA) is 89.4 Å². The van der Waals surface area contributed by atoms with Crippen molar-refractivity contribution < 1.29 is 14.6 Å². The molecule has 0 radical (unpaired) electrons. The largest absolute Gasteiger partial charge is 0.497 e. The SMILES string of the molecule is COc1ccc(COc2cn(-c3cccc(-c4c(Cl)cnc5[nH]ccc45)c3)c(C(C)O)cc2=O)cc1. The van der Waals surface area contributed by atoms with E-state index in [-0.39, 0.29) is 17.8 Å². The highest BCUT2D eigenvalue weighted by molar-refractivity contribution is 6.34. The lowest BCUT2D eigenvalue weighted by atomic mass is 10.0. The van der Waals surface area contributed by atoms with Gasteiger partial charge in [-0.1, -0.05) is 35.9 Å². The first-order chi connectivity index (χ1) is 17.4. The Morgan fingerprint density at radius 1 is 1.14 bits per heavy atom. The van der Waals surface area contributed by atoms with Crippen LogP contribution in [0.15, 0.2) is 84.0 Å². The molecule has 1 unspecified atom stereocenters. The van der Waals surface area contributed by atoms with Gasteiger partial charge in [0.1, 0.15) is 18.0 Å². The molecule has 3 aromatic heterocycles. The molecule has 0 spiro atoms. The van der Waals surface area contributed by atoms with Gasteiger partial charge in [-0.2, -0.15) is 0 Å². The third-order valence-corrected chi connectivity index (χ3v) is 6.27. The van der Waals surface area contributed by atoms with E-state index in [1.807, 2.05) is 60.8 Å². The number of hydrogen-bond acceptors (Lipinski definition) is 5. The Kier molecular flexibility index (Phi) is 6.50. The maximum Gasteiger partial charge on any atom is 0.223 e. The number of fused-ring (bicyclic) bond motifs is 1. The zero-order valence-electron chi connectivity index (χ0n) is 19.7. The van der Waals surface area contributed by atoms with Gasteiger partial charge in [0, 0.05) is 35.1 Å². The summed E-state index contributed by atoms with van der Waals surface area (Å²) >= 11 is 6.55. The molecule has 0 saturated carbocycles. The van der Waals surface area contributed by atoms with Gasteiger partial charge in [-0.15, -0.1) is 0 Å². The summed E-state index contributed by atoms with van der Waals surface area (Å²) < 4.78 is 12.8. The number of nitrogens with zero attached hydrogens (tertiary/aromatic N) is 2. The number of halogens is 1. The summed E-state index contributed by atoms with van der Waals surface area (Å²) in [6.45, 7) is 1.83. The molecule has 2 aromatic carbocycles. The predicted molar refractivity (Wildman–Crippen MR) is 140 cm³/mol. The highest BCUT2D eigenvalue weighted by atomic mass is 35.5. The molecule has 1 atom stereocenters. The highest BCUT2D eigenvalue weighted by Gasteiger charge is 2.16. The second-order valence-electron chi connectivity index (χ2n) is 8.38. The molecule has 2 N–H and O–H groups in total. The molecule has 0 aliphatic carbocycles. The fourth-order valence-electron chi connectivity index (χ4n) is 4.16. The summed E-state index contributed by atoms with van der Waals surface area (Å²) in [5.41, 5.74) is 4.24. The molecule has 8 heteroatoms. The highest BCUT2D eigenvalue weighted by Crippen LogP contribution is 2.35. The molecule has 3 heterocycles. The van der Waals surface area contributed by atoms with Crippen LogP contribution < -0.4 is 14.9 Å². The molecular weight excluding hydrogens is 478 g/mol. The normalized spacial score (nSPS) is 12.0. The number of H-pyrrole nitrogens is 1. The van der Waals surface area contributed by atoms with E-state index in [1.165, 1.54) is 6.07 Å². The smallest absolute Gasteiger partial charge is 0.223 e. The molecule has 5 rings (SSSR count). The molecule has 0 aliphatic heterocycles. The van der Waals surface area contributed by atoms with Crippen LogP contribution in [0.25, 0.3) is 27.8 Å². The Labute approximate surface area is 212 Å². The van der Waals surface area contributed by atoms with Gasteiger partial charge in [0.05, 0.1) is 30.1 Å². The number of ether oxygens (including phenoxy) is 2. The molecule has 0 aliphatic rings. The van der Waals surface area contributed by atoms with Crippen LogP contribution in [0.1, 0.15) is 24.3 Å². The number of hydrogen-bond donors (Lipinski definition) is 2. The molecule has 0 amide bonds. The van der Waals surface area contributed by atoms with Gasteiger partial charge >= 0.3 is 0 Å². The Morgan fingerprint density at radius 2 is 1.94 bits per heavy atom. The number of nitrogens with one attached hydrogen (secondary N) is 1. The van der Waals surface area contributed by atoms with Gasteiger partial charge in [0.2, 0.25) is 5.43 Å². The summed E-state index contributed by atoms with van der Waals surface area (Å²) in [6.07, 6.45) is 4.18. The van der Waals surface area contributed by atoms with Crippen molar-refractivity contribution in [1.29, 1.82) is 0 Å². The second kappa shape index (κ2) is 9.89. The van der Waals surface area contributed by atoms with Gasteiger partial charge in [0.25, 0.3) is 0 Å². The van der Waals surface area contributed by atoms with Crippen molar-refractivity contribution in [2.45, 2.75) is 19.6 Å². The van der Waals surface area contributed by atoms with Crippen LogP contribution in [0.3, 0.4) is 0 Å². The Bertz CT molecular complexity index is 1590. The molecule has 0 bridgehead atoms. The second-order valence-corrected chi connectivity index (χ2v) is 8.79. The van der Waals surface area contributed by atoms with E-state index in [9.17, 15) is 9.90 Å². The molecule has 182 valence electrons. The van der Waals surface area contributed by atoms with Crippen molar-refractivity contribution in [3.63, 3.8) is 0 Å². The third-order valence-electron chi connectivity index (χ3n) is 5.98. The zero-order chi connectivity index (χ0) is 25.2. The number of rotatable bonds is 7. The van der Waals surface area contributed by atoms with Crippen LogP contribution >= 0.6 is 11.6 Å². The van der Waals surface area contributed by atoms with E-state index >= 15 is 0 Å². The first kappa shape index (κ1) is 23.7.